The van der Waals surface area contributed by atoms with E-state index in [1.54, 1.807) is 12.1 Å². The topological polar surface area (TPSA) is 52.0 Å². The van der Waals surface area contributed by atoms with Crippen LogP contribution in [-0.2, 0) is 6.42 Å². The first kappa shape index (κ1) is 12.0. The summed E-state index contributed by atoms with van der Waals surface area (Å²) in [7, 11) is 0. The summed E-state index contributed by atoms with van der Waals surface area (Å²) in [6.45, 7) is 0. The van der Waals surface area contributed by atoms with Crippen molar-refractivity contribution in [3.05, 3.63) is 64.7 Å². The molecule has 2 aromatic rings. The number of anilines is 1. The Hall–Kier alpha value is -1.51. The average Bonchev–Trinajstić information content (AvgIpc) is 2.33. The minimum absolute atomic E-state index is 0.129. The highest BCUT2D eigenvalue weighted by Crippen LogP contribution is 2.25. The minimum Gasteiger partial charge on any atom is -0.398 e. The van der Waals surface area contributed by atoms with Crippen LogP contribution in [0.5, 0.6) is 0 Å². The number of benzene rings is 2. The van der Waals surface area contributed by atoms with Crippen LogP contribution in [0.15, 0.2) is 48.5 Å². The van der Waals surface area contributed by atoms with Crippen molar-refractivity contribution in [1.82, 2.24) is 0 Å². The van der Waals surface area contributed by atoms with Crippen LogP contribution in [0.25, 0.3) is 0 Å². The lowest BCUT2D eigenvalue weighted by Gasteiger charge is -2.14. The molecular weight excluding hydrogens is 232 g/mol. The fraction of sp³-hybridized carbons (Fsp3) is 0.143. The summed E-state index contributed by atoms with van der Waals surface area (Å²) in [6, 6.07) is 15.4. The van der Waals surface area contributed by atoms with E-state index in [4.69, 9.17) is 23.1 Å². The quantitative estimate of drug-likeness (QED) is 0.818. The maximum absolute atomic E-state index is 6.16. The Morgan fingerprint density at radius 2 is 1.76 bits per heavy atom. The third kappa shape index (κ3) is 2.99. The first-order valence-corrected chi connectivity index (χ1v) is 5.89. The summed E-state index contributed by atoms with van der Waals surface area (Å²) < 4.78 is 0. The summed E-state index contributed by atoms with van der Waals surface area (Å²) in [5.41, 5.74) is 14.9. The highest BCUT2D eigenvalue weighted by molar-refractivity contribution is 6.30. The second kappa shape index (κ2) is 5.21. The first-order chi connectivity index (χ1) is 8.16. The van der Waals surface area contributed by atoms with Crippen LogP contribution in [0.1, 0.15) is 17.2 Å². The van der Waals surface area contributed by atoms with Gasteiger partial charge in [0.1, 0.15) is 0 Å². The Labute approximate surface area is 106 Å². The number of nitrogens with two attached hydrogens (primary N) is 2. The van der Waals surface area contributed by atoms with Crippen molar-refractivity contribution in [2.75, 3.05) is 5.73 Å². The molecule has 88 valence electrons. The number of halogens is 1. The van der Waals surface area contributed by atoms with Gasteiger partial charge < -0.3 is 11.5 Å². The van der Waals surface area contributed by atoms with Crippen LogP contribution in [0.4, 0.5) is 5.69 Å². The molecule has 0 radical (unpaired) electrons. The standard InChI is InChI=1S/C14H15ClN2/c15-11-6-7-13(16)12(9-11)14(17)8-10-4-2-1-3-5-10/h1-7,9,14H,8,16-17H2. The average molecular weight is 247 g/mol. The largest absolute Gasteiger partial charge is 0.398 e. The monoisotopic (exact) mass is 246 g/mol. The zero-order valence-electron chi connectivity index (χ0n) is 9.44. The number of rotatable bonds is 3. The molecule has 3 heteroatoms. The van der Waals surface area contributed by atoms with E-state index in [9.17, 15) is 0 Å². The molecule has 1 atom stereocenters. The lowest BCUT2D eigenvalue weighted by Crippen LogP contribution is -2.15. The molecule has 2 aromatic carbocycles. The Morgan fingerprint density at radius 1 is 1.06 bits per heavy atom. The van der Waals surface area contributed by atoms with Crippen molar-refractivity contribution in [1.29, 1.82) is 0 Å². The predicted molar refractivity (Wildman–Crippen MR) is 72.9 cm³/mol. The third-order valence-corrected chi connectivity index (χ3v) is 2.98. The third-order valence-electron chi connectivity index (χ3n) is 2.75. The van der Waals surface area contributed by atoms with E-state index in [2.05, 4.69) is 12.1 Å². The van der Waals surface area contributed by atoms with Gasteiger partial charge in [0, 0.05) is 16.8 Å². The molecule has 0 spiro atoms. The fourth-order valence-electron chi connectivity index (χ4n) is 1.84. The van der Waals surface area contributed by atoms with Crippen LogP contribution in [0.3, 0.4) is 0 Å². The van der Waals surface area contributed by atoms with Gasteiger partial charge in [-0.25, -0.2) is 0 Å². The fourth-order valence-corrected chi connectivity index (χ4v) is 2.03. The first-order valence-electron chi connectivity index (χ1n) is 5.51. The molecule has 1 unspecified atom stereocenters. The molecule has 0 aromatic heterocycles. The molecule has 0 fully saturated rings. The van der Waals surface area contributed by atoms with Crippen molar-refractivity contribution in [2.24, 2.45) is 5.73 Å². The van der Waals surface area contributed by atoms with E-state index in [0.29, 0.717) is 10.7 Å². The van der Waals surface area contributed by atoms with Gasteiger partial charge >= 0.3 is 0 Å². The zero-order valence-corrected chi connectivity index (χ0v) is 10.2. The van der Waals surface area contributed by atoms with Gasteiger partial charge in [-0.15, -0.1) is 0 Å². The van der Waals surface area contributed by atoms with Gasteiger partial charge in [-0.2, -0.15) is 0 Å². The smallest absolute Gasteiger partial charge is 0.0410 e. The van der Waals surface area contributed by atoms with Crippen molar-refractivity contribution in [3.63, 3.8) is 0 Å². The van der Waals surface area contributed by atoms with Crippen LogP contribution < -0.4 is 11.5 Å². The Kier molecular flexibility index (Phi) is 3.67. The van der Waals surface area contributed by atoms with E-state index < -0.39 is 0 Å². The summed E-state index contributed by atoms with van der Waals surface area (Å²) >= 11 is 5.95. The van der Waals surface area contributed by atoms with E-state index in [-0.39, 0.29) is 6.04 Å². The summed E-state index contributed by atoms with van der Waals surface area (Å²) in [5, 5.41) is 0.665. The number of hydrogen-bond donors (Lipinski definition) is 2. The molecule has 0 aliphatic carbocycles. The lowest BCUT2D eigenvalue weighted by molar-refractivity contribution is 0.724. The molecule has 4 N–H and O–H groups in total. The van der Waals surface area contributed by atoms with Crippen molar-refractivity contribution in [2.45, 2.75) is 12.5 Å². The maximum atomic E-state index is 6.16. The molecule has 0 saturated heterocycles. The summed E-state index contributed by atoms with van der Waals surface area (Å²) in [5.74, 6) is 0. The molecule has 17 heavy (non-hydrogen) atoms. The van der Waals surface area contributed by atoms with Crippen LogP contribution in [0, 0.1) is 0 Å². The Bertz CT molecular complexity index is 497. The van der Waals surface area contributed by atoms with Crippen molar-refractivity contribution in [3.8, 4) is 0 Å². The zero-order chi connectivity index (χ0) is 12.3. The second-order valence-corrected chi connectivity index (χ2v) is 4.51. The molecule has 2 nitrogen and oxygen atoms in total. The molecule has 2 rings (SSSR count). The molecule has 0 bridgehead atoms. The van der Waals surface area contributed by atoms with Gasteiger partial charge in [-0.3, -0.25) is 0 Å². The van der Waals surface area contributed by atoms with E-state index >= 15 is 0 Å². The van der Waals surface area contributed by atoms with Gasteiger partial charge in [-0.05, 0) is 35.7 Å². The lowest BCUT2D eigenvalue weighted by atomic mass is 9.98. The van der Waals surface area contributed by atoms with E-state index in [1.807, 2.05) is 24.3 Å². The van der Waals surface area contributed by atoms with E-state index in [0.717, 1.165) is 12.0 Å². The maximum Gasteiger partial charge on any atom is 0.0410 e. The van der Waals surface area contributed by atoms with Gasteiger partial charge in [0.2, 0.25) is 0 Å². The van der Waals surface area contributed by atoms with Crippen LogP contribution in [-0.4, -0.2) is 0 Å². The normalized spacial score (nSPS) is 12.4. The van der Waals surface area contributed by atoms with Crippen LogP contribution in [0.2, 0.25) is 5.02 Å². The Morgan fingerprint density at radius 3 is 2.47 bits per heavy atom. The number of hydrogen-bond acceptors (Lipinski definition) is 2. The SMILES string of the molecule is Nc1ccc(Cl)cc1C(N)Cc1ccccc1. The molecule has 0 aliphatic rings. The van der Waals surface area contributed by atoms with E-state index in [1.165, 1.54) is 5.56 Å². The van der Waals surface area contributed by atoms with Gasteiger partial charge in [-0.1, -0.05) is 41.9 Å². The molecule has 0 amide bonds. The molecule has 0 heterocycles. The second-order valence-electron chi connectivity index (χ2n) is 4.07. The van der Waals surface area contributed by atoms with Crippen LogP contribution >= 0.6 is 11.6 Å². The molecule has 0 saturated carbocycles. The molecule has 0 aliphatic heterocycles. The summed E-state index contributed by atoms with van der Waals surface area (Å²) in [6.07, 6.45) is 0.755. The van der Waals surface area contributed by atoms with Gasteiger partial charge in [0.15, 0.2) is 0 Å². The van der Waals surface area contributed by atoms with Crippen molar-refractivity contribution < 1.29 is 0 Å². The minimum atomic E-state index is -0.129. The van der Waals surface area contributed by atoms with Gasteiger partial charge in [0.25, 0.3) is 0 Å². The van der Waals surface area contributed by atoms with Gasteiger partial charge in [0.05, 0.1) is 0 Å². The highest BCUT2D eigenvalue weighted by Gasteiger charge is 2.10. The highest BCUT2D eigenvalue weighted by atomic mass is 35.5. The number of nitrogen functional groups attached to an aromatic ring is 1. The Balaban J connectivity index is 2.20. The predicted octanol–water partition coefficient (Wildman–Crippen LogP) is 3.16. The molecular formula is C14H15ClN2. The van der Waals surface area contributed by atoms with Crippen molar-refractivity contribution >= 4 is 17.3 Å². The summed E-state index contributed by atoms with van der Waals surface area (Å²) in [4.78, 5) is 0.